The van der Waals surface area contributed by atoms with Gasteiger partial charge in [0.25, 0.3) is 0 Å². The standard InChI is InChI=1S/C15H16N6O/c1-11(2)20-15(22)21(13-8-4-6-10-17-13)19-14(18-20)12-7-3-5-9-16-12/h3-11H,1-2H3,(H,18,19). The van der Waals surface area contributed by atoms with E-state index in [1.54, 1.807) is 24.5 Å². The summed E-state index contributed by atoms with van der Waals surface area (Å²) in [5.41, 5.74) is 3.67. The van der Waals surface area contributed by atoms with Crippen molar-refractivity contribution in [1.82, 2.24) is 20.4 Å². The van der Waals surface area contributed by atoms with Crippen molar-refractivity contribution in [3.05, 3.63) is 54.5 Å². The zero-order valence-corrected chi connectivity index (χ0v) is 12.3. The molecule has 3 rings (SSSR count). The van der Waals surface area contributed by atoms with Crippen LogP contribution in [0.2, 0.25) is 0 Å². The third kappa shape index (κ3) is 2.60. The molecular weight excluding hydrogens is 280 g/mol. The molecule has 0 saturated carbocycles. The first kappa shape index (κ1) is 14.0. The van der Waals surface area contributed by atoms with E-state index in [0.29, 0.717) is 17.3 Å². The molecule has 0 fully saturated rings. The molecule has 2 amide bonds. The Balaban J connectivity index is 2.04. The van der Waals surface area contributed by atoms with Crippen molar-refractivity contribution in [3.63, 3.8) is 0 Å². The van der Waals surface area contributed by atoms with Crippen LogP contribution in [0.5, 0.6) is 0 Å². The van der Waals surface area contributed by atoms with E-state index >= 15 is 0 Å². The number of urea groups is 1. The second-order valence-corrected chi connectivity index (χ2v) is 5.02. The molecule has 2 aromatic heterocycles. The van der Waals surface area contributed by atoms with Crippen LogP contribution in [0.3, 0.4) is 0 Å². The monoisotopic (exact) mass is 296 g/mol. The first-order chi connectivity index (χ1) is 10.7. The van der Waals surface area contributed by atoms with Gasteiger partial charge < -0.3 is 0 Å². The van der Waals surface area contributed by atoms with Crippen LogP contribution >= 0.6 is 0 Å². The molecule has 0 bridgehead atoms. The van der Waals surface area contributed by atoms with Gasteiger partial charge in [0.1, 0.15) is 5.69 Å². The second-order valence-electron chi connectivity index (χ2n) is 5.02. The summed E-state index contributed by atoms with van der Waals surface area (Å²) in [5, 5.41) is 7.14. The van der Waals surface area contributed by atoms with E-state index < -0.39 is 0 Å². The van der Waals surface area contributed by atoms with Crippen molar-refractivity contribution in [2.24, 2.45) is 5.10 Å². The summed E-state index contributed by atoms with van der Waals surface area (Å²) in [5.74, 6) is 0.965. The Bertz CT molecular complexity index is 686. The van der Waals surface area contributed by atoms with Crippen LogP contribution in [-0.2, 0) is 0 Å². The maximum absolute atomic E-state index is 12.6. The van der Waals surface area contributed by atoms with E-state index in [4.69, 9.17) is 0 Å². The fourth-order valence-electron chi connectivity index (χ4n) is 2.02. The Hall–Kier alpha value is -2.96. The lowest BCUT2D eigenvalue weighted by Crippen LogP contribution is -2.58. The molecule has 1 aliphatic rings. The number of amides is 2. The maximum atomic E-state index is 12.6. The highest BCUT2D eigenvalue weighted by Gasteiger charge is 2.31. The predicted molar refractivity (Wildman–Crippen MR) is 83.0 cm³/mol. The highest BCUT2D eigenvalue weighted by Crippen LogP contribution is 2.17. The summed E-state index contributed by atoms with van der Waals surface area (Å²) in [6, 6.07) is 10.5. The molecule has 0 atom stereocenters. The Labute approximate surface area is 128 Å². The number of aromatic nitrogens is 2. The molecule has 2 aromatic rings. The number of anilines is 1. The Morgan fingerprint density at radius 3 is 2.36 bits per heavy atom. The zero-order valence-electron chi connectivity index (χ0n) is 12.3. The van der Waals surface area contributed by atoms with Gasteiger partial charge in [0.15, 0.2) is 11.7 Å². The molecule has 0 aliphatic carbocycles. The summed E-state index contributed by atoms with van der Waals surface area (Å²) >= 11 is 0. The van der Waals surface area contributed by atoms with Gasteiger partial charge in [0.05, 0.1) is 0 Å². The Kier molecular flexibility index (Phi) is 3.69. The first-order valence-corrected chi connectivity index (χ1v) is 6.98. The van der Waals surface area contributed by atoms with Crippen molar-refractivity contribution >= 4 is 17.7 Å². The molecule has 7 heteroatoms. The van der Waals surface area contributed by atoms with Crippen LogP contribution in [0, 0.1) is 0 Å². The summed E-state index contributed by atoms with van der Waals surface area (Å²) in [4.78, 5) is 21.0. The van der Waals surface area contributed by atoms with Crippen molar-refractivity contribution < 1.29 is 4.79 Å². The molecule has 0 unspecified atom stereocenters. The number of hydrazone groups is 1. The SMILES string of the molecule is CC(C)N1NC(c2ccccn2)=NN(c2ccccn2)C1=O. The molecule has 22 heavy (non-hydrogen) atoms. The summed E-state index contributed by atoms with van der Waals surface area (Å²) in [6.07, 6.45) is 3.31. The van der Waals surface area contributed by atoms with Crippen LogP contribution in [0.1, 0.15) is 19.5 Å². The molecule has 0 aromatic carbocycles. The number of hydrogen-bond acceptors (Lipinski definition) is 5. The quantitative estimate of drug-likeness (QED) is 0.940. The lowest BCUT2D eigenvalue weighted by atomic mass is 10.3. The maximum Gasteiger partial charge on any atom is 0.365 e. The van der Waals surface area contributed by atoms with Gasteiger partial charge in [-0.15, -0.1) is 5.10 Å². The number of hydrogen-bond donors (Lipinski definition) is 1. The lowest BCUT2D eigenvalue weighted by molar-refractivity contribution is 0.171. The number of amidine groups is 1. The lowest BCUT2D eigenvalue weighted by Gasteiger charge is -2.35. The number of nitrogens with one attached hydrogen (secondary N) is 1. The van der Waals surface area contributed by atoms with Crippen LogP contribution in [-0.4, -0.2) is 32.9 Å². The van der Waals surface area contributed by atoms with Crippen molar-refractivity contribution in [2.45, 2.75) is 19.9 Å². The smallest absolute Gasteiger partial charge is 0.274 e. The van der Waals surface area contributed by atoms with E-state index in [-0.39, 0.29) is 12.1 Å². The normalized spacial score (nSPS) is 14.9. The summed E-state index contributed by atoms with van der Waals surface area (Å²) in [7, 11) is 0. The average Bonchev–Trinajstić information content (AvgIpc) is 2.56. The first-order valence-electron chi connectivity index (χ1n) is 6.98. The fraction of sp³-hybridized carbons (Fsp3) is 0.200. The van der Waals surface area contributed by atoms with E-state index in [1.807, 2.05) is 38.1 Å². The van der Waals surface area contributed by atoms with Gasteiger partial charge in [-0.1, -0.05) is 12.1 Å². The minimum Gasteiger partial charge on any atom is -0.274 e. The van der Waals surface area contributed by atoms with Crippen molar-refractivity contribution in [2.75, 3.05) is 5.01 Å². The summed E-state index contributed by atoms with van der Waals surface area (Å²) < 4.78 is 0. The Morgan fingerprint density at radius 2 is 1.77 bits per heavy atom. The third-order valence-electron chi connectivity index (χ3n) is 3.10. The van der Waals surface area contributed by atoms with Crippen LogP contribution in [0.15, 0.2) is 53.9 Å². The molecule has 0 radical (unpaired) electrons. The van der Waals surface area contributed by atoms with Crippen LogP contribution < -0.4 is 10.4 Å². The second kappa shape index (κ2) is 5.80. The number of rotatable bonds is 3. The van der Waals surface area contributed by atoms with Crippen LogP contribution in [0.25, 0.3) is 0 Å². The fourth-order valence-corrected chi connectivity index (χ4v) is 2.02. The van der Waals surface area contributed by atoms with E-state index in [0.717, 1.165) is 0 Å². The van der Waals surface area contributed by atoms with E-state index in [1.165, 1.54) is 10.0 Å². The zero-order chi connectivity index (χ0) is 15.5. The molecule has 1 N–H and O–H groups in total. The number of carbonyl (C=O) groups is 1. The van der Waals surface area contributed by atoms with Gasteiger partial charge >= 0.3 is 6.03 Å². The van der Waals surface area contributed by atoms with Gasteiger partial charge in [0.2, 0.25) is 0 Å². The van der Waals surface area contributed by atoms with Gasteiger partial charge in [-0.25, -0.2) is 14.8 Å². The van der Waals surface area contributed by atoms with Gasteiger partial charge in [0, 0.05) is 18.4 Å². The topological polar surface area (TPSA) is 73.7 Å². The molecule has 0 saturated heterocycles. The highest BCUT2D eigenvalue weighted by atomic mass is 16.2. The number of hydrazine groups is 1. The Morgan fingerprint density at radius 1 is 1.05 bits per heavy atom. The van der Waals surface area contributed by atoms with Crippen molar-refractivity contribution in [1.29, 1.82) is 0 Å². The number of pyridine rings is 2. The molecule has 0 spiro atoms. The number of carbonyl (C=O) groups excluding carboxylic acids is 1. The highest BCUT2D eigenvalue weighted by molar-refractivity contribution is 6.04. The van der Waals surface area contributed by atoms with Gasteiger partial charge in [-0.3, -0.25) is 10.4 Å². The van der Waals surface area contributed by atoms with Gasteiger partial charge in [-0.2, -0.15) is 5.01 Å². The van der Waals surface area contributed by atoms with Crippen molar-refractivity contribution in [3.8, 4) is 0 Å². The van der Waals surface area contributed by atoms with E-state index in [2.05, 4.69) is 20.5 Å². The third-order valence-corrected chi connectivity index (χ3v) is 3.10. The predicted octanol–water partition coefficient (Wildman–Crippen LogP) is 1.99. The number of nitrogens with zero attached hydrogens (tertiary/aromatic N) is 5. The minimum atomic E-state index is -0.284. The van der Waals surface area contributed by atoms with Crippen LogP contribution in [0.4, 0.5) is 10.6 Å². The largest absolute Gasteiger partial charge is 0.365 e. The molecule has 1 aliphatic heterocycles. The van der Waals surface area contributed by atoms with Gasteiger partial charge in [-0.05, 0) is 38.1 Å². The molecule has 7 nitrogen and oxygen atoms in total. The molecule has 112 valence electrons. The molecular formula is C15H16N6O. The van der Waals surface area contributed by atoms with E-state index in [9.17, 15) is 4.79 Å². The summed E-state index contributed by atoms with van der Waals surface area (Å²) in [6.45, 7) is 3.84. The molecule has 3 heterocycles. The average molecular weight is 296 g/mol. The minimum absolute atomic E-state index is 0.0482.